The predicted octanol–water partition coefficient (Wildman–Crippen LogP) is 5.30. The molecule has 0 saturated carbocycles. The Kier molecular flexibility index (Phi) is 5.05. The van der Waals surface area contributed by atoms with Crippen LogP contribution in [-0.2, 0) is 0 Å². The van der Waals surface area contributed by atoms with Crippen molar-refractivity contribution >= 4 is 21.6 Å². The van der Waals surface area contributed by atoms with Crippen LogP contribution in [0.2, 0.25) is 0 Å². The molecular weight excluding hydrogens is 274 g/mol. The van der Waals surface area contributed by atoms with Crippen molar-refractivity contribution < 1.29 is 0 Å². The fourth-order valence-electron chi connectivity index (χ4n) is 1.90. The van der Waals surface area contributed by atoms with Crippen LogP contribution in [0.5, 0.6) is 0 Å². The topological polar surface area (TPSA) is 12.0 Å². The summed E-state index contributed by atoms with van der Waals surface area (Å²) in [5, 5.41) is 3.51. The minimum absolute atomic E-state index is 0.438. The van der Waals surface area contributed by atoms with Gasteiger partial charge in [0.25, 0.3) is 0 Å². The van der Waals surface area contributed by atoms with Crippen molar-refractivity contribution in [3.63, 3.8) is 0 Å². The van der Waals surface area contributed by atoms with Crippen LogP contribution in [0.25, 0.3) is 0 Å². The van der Waals surface area contributed by atoms with Gasteiger partial charge in [0.15, 0.2) is 0 Å². The van der Waals surface area contributed by atoms with E-state index in [0.717, 1.165) is 6.54 Å². The molecule has 96 valence electrons. The Balaban J connectivity index is 2.48. The molecule has 0 heterocycles. The number of anilines is 1. The maximum atomic E-state index is 3.59. The molecule has 1 rings (SSSR count). The number of halogens is 1. The first-order valence-electron chi connectivity index (χ1n) is 6.30. The first-order valence-corrected chi connectivity index (χ1v) is 7.09. The molecule has 0 unspecified atom stereocenters. The van der Waals surface area contributed by atoms with E-state index in [1.54, 1.807) is 0 Å². The van der Waals surface area contributed by atoms with Crippen LogP contribution in [0.3, 0.4) is 0 Å². The molecule has 1 aromatic carbocycles. The molecule has 17 heavy (non-hydrogen) atoms. The zero-order valence-electron chi connectivity index (χ0n) is 11.7. The highest BCUT2D eigenvalue weighted by molar-refractivity contribution is 9.10. The molecule has 1 N–H and O–H groups in total. The smallest absolute Gasteiger partial charge is 0.0346 e. The van der Waals surface area contributed by atoms with E-state index in [0.29, 0.717) is 5.41 Å². The lowest BCUT2D eigenvalue weighted by molar-refractivity contribution is 0.370. The van der Waals surface area contributed by atoms with Gasteiger partial charge in [-0.1, -0.05) is 36.7 Å². The van der Waals surface area contributed by atoms with Gasteiger partial charge in [-0.25, -0.2) is 0 Å². The van der Waals surface area contributed by atoms with Crippen molar-refractivity contribution in [3.8, 4) is 0 Å². The molecular formula is C15H24BrN. The van der Waals surface area contributed by atoms with Crippen molar-refractivity contribution in [1.29, 1.82) is 0 Å². The summed E-state index contributed by atoms with van der Waals surface area (Å²) in [5.74, 6) is 0. The zero-order valence-corrected chi connectivity index (χ0v) is 13.2. The van der Waals surface area contributed by atoms with Crippen LogP contribution in [0.4, 0.5) is 5.69 Å². The van der Waals surface area contributed by atoms with Gasteiger partial charge in [-0.15, -0.1) is 0 Å². The molecule has 0 amide bonds. The van der Waals surface area contributed by atoms with Crippen LogP contribution in [-0.4, -0.2) is 6.54 Å². The van der Waals surface area contributed by atoms with Gasteiger partial charge in [0, 0.05) is 16.7 Å². The number of benzene rings is 1. The van der Waals surface area contributed by atoms with E-state index in [2.05, 4.69) is 68.0 Å². The molecule has 0 bridgehead atoms. The second kappa shape index (κ2) is 5.90. The summed E-state index contributed by atoms with van der Waals surface area (Å²) < 4.78 is 1.22. The molecule has 1 aromatic rings. The summed E-state index contributed by atoms with van der Waals surface area (Å²) in [4.78, 5) is 0. The quantitative estimate of drug-likeness (QED) is 0.743. The van der Waals surface area contributed by atoms with Gasteiger partial charge in [-0.3, -0.25) is 0 Å². The van der Waals surface area contributed by atoms with Gasteiger partial charge >= 0.3 is 0 Å². The lowest BCUT2D eigenvalue weighted by Gasteiger charge is -2.18. The fraction of sp³-hybridized carbons (Fsp3) is 0.600. The van der Waals surface area contributed by atoms with E-state index < -0.39 is 0 Å². The summed E-state index contributed by atoms with van der Waals surface area (Å²) in [6.45, 7) is 12.2. The van der Waals surface area contributed by atoms with Crippen LogP contribution in [0, 0.1) is 19.3 Å². The van der Waals surface area contributed by atoms with Crippen molar-refractivity contribution in [2.75, 3.05) is 11.9 Å². The first kappa shape index (κ1) is 14.6. The van der Waals surface area contributed by atoms with E-state index in [9.17, 15) is 0 Å². The maximum absolute atomic E-state index is 3.59. The number of rotatable bonds is 4. The van der Waals surface area contributed by atoms with Gasteiger partial charge < -0.3 is 5.32 Å². The Morgan fingerprint density at radius 2 is 1.65 bits per heavy atom. The van der Waals surface area contributed by atoms with E-state index in [1.165, 1.54) is 34.1 Å². The first-order chi connectivity index (χ1) is 7.79. The highest BCUT2D eigenvalue weighted by Gasteiger charge is 2.09. The molecule has 0 atom stereocenters. The summed E-state index contributed by atoms with van der Waals surface area (Å²) in [6.07, 6.45) is 2.48. The van der Waals surface area contributed by atoms with E-state index >= 15 is 0 Å². The molecule has 0 aliphatic heterocycles. The van der Waals surface area contributed by atoms with Crippen LogP contribution in [0.1, 0.15) is 44.7 Å². The van der Waals surface area contributed by atoms with Crippen LogP contribution in [0.15, 0.2) is 16.6 Å². The van der Waals surface area contributed by atoms with E-state index in [4.69, 9.17) is 0 Å². The third-order valence-corrected chi connectivity index (χ3v) is 4.12. The second-order valence-corrected chi connectivity index (χ2v) is 6.81. The number of aryl methyl sites for hydroxylation is 2. The molecule has 0 aliphatic rings. The standard InChI is InChI=1S/C15H24BrN/c1-11-9-13(10-12(2)14(11)16)17-8-6-7-15(3,4)5/h9-10,17H,6-8H2,1-5H3. The van der Waals surface area contributed by atoms with E-state index in [1.807, 2.05) is 0 Å². The SMILES string of the molecule is Cc1cc(NCCCC(C)(C)C)cc(C)c1Br. The molecule has 0 saturated heterocycles. The highest BCUT2D eigenvalue weighted by atomic mass is 79.9. The Morgan fingerprint density at radius 3 is 2.12 bits per heavy atom. The molecule has 0 spiro atoms. The molecule has 0 fully saturated rings. The summed E-state index contributed by atoms with van der Waals surface area (Å²) >= 11 is 3.59. The Morgan fingerprint density at radius 1 is 1.12 bits per heavy atom. The second-order valence-electron chi connectivity index (χ2n) is 6.02. The zero-order chi connectivity index (χ0) is 13.1. The average Bonchev–Trinajstić information content (AvgIpc) is 2.19. The third-order valence-electron chi connectivity index (χ3n) is 2.87. The number of hydrogen-bond donors (Lipinski definition) is 1. The van der Waals surface area contributed by atoms with Crippen molar-refractivity contribution in [2.45, 2.75) is 47.5 Å². The van der Waals surface area contributed by atoms with Crippen LogP contribution >= 0.6 is 15.9 Å². The number of hydrogen-bond acceptors (Lipinski definition) is 1. The normalized spacial score (nSPS) is 11.6. The molecule has 2 heteroatoms. The minimum atomic E-state index is 0.438. The Labute approximate surface area is 114 Å². The highest BCUT2D eigenvalue weighted by Crippen LogP contribution is 2.25. The molecule has 0 radical (unpaired) electrons. The summed E-state index contributed by atoms with van der Waals surface area (Å²) in [7, 11) is 0. The van der Waals surface area contributed by atoms with Crippen LogP contribution < -0.4 is 5.32 Å². The van der Waals surface area contributed by atoms with Crippen molar-refractivity contribution in [3.05, 3.63) is 27.7 Å². The Hall–Kier alpha value is -0.500. The number of nitrogens with one attached hydrogen (secondary N) is 1. The van der Waals surface area contributed by atoms with E-state index in [-0.39, 0.29) is 0 Å². The van der Waals surface area contributed by atoms with Gasteiger partial charge in [-0.2, -0.15) is 0 Å². The monoisotopic (exact) mass is 297 g/mol. The van der Waals surface area contributed by atoms with Gasteiger partial charge in [0.2, 0.25) is 0 Å². The lowest BCUT2D eigenvalue weighted by Crippen LogP contribution is -2.09. The maximum Gasteiger partial charge on any atom is 0.0346 e. The van der Waals surface area contributed by atoms with Crippen molar-refractivity contribution in [2.24, 2.45) is 5.41 Å². The lowest BCUT2D eigenvalue weighted by atomic mass is 9.91. The molecule has 0 aliphatic carbocycles. The van der Waals surface area contributed by atoms with Gasteiger partial charge in [-0.05, 0) is 55.4 Å². The Bertz CT molecular complexity index is 354. The largest absolute Gasteiger partial charge is 0.385 e. The average molecular weight is 298 g/mol. The van der Waals surface area contributed by atoms with Gasteiger partial charge in [0.05, 0.1) is 0 Å². The minimum Gasteiger partial charge on any atom is -0.385 e. The fourth-order valence-corrected chi connectivity index (χ4v) is 2.13. The van der Waals surface area contributed by atoms with Gasteiger partial charge in [0.1, 0.15) is 0 Å². The molecule has 0 aromatic heterocycles. The van der Waals surface area contributed by atoms with Crippen molar-refractivity contribution in [1.82, 2.24) is 0 Å². The molecule has 1 nitrogen and oxygen atoms in total. The predicted molar refractivity (Wildman–Crippen MR) is 80.8 cm³/mol. The summed E-state index contributed by atoms with van der Waals surface area (Å²) in [6, 6.07) is 4.41. The third kappa shape index (κ3) is 5.12. The summed E-state index contributed by atoms with van der Waals surface area (Å²) in [5.41, 5.74) is 4.26.